The Morgan fingerprint density at radius 1 is 0.862 bits per heavy atom. The first-order valence-corrected chi connectivity index (χ1v) is 11.5. The van der Waals surface area contributed by atoms with E-state index in [0.717, 1.165) is 29.2 Å². The number of hydrogen-bond donors (Lipinski definition) is 0. The molecule has 0 radical (unpaired) electrons. The van der Waals surface area contributed by atoms with E-state index < -0.39 is 21.2 Å². The van der Waals surface area contributed by atoms with E-state index in [9.17, 15) is 13.2 Å². The highest BCUT2D eigenvalue weighted by molar-refractivity contribution is 7.92. The first-order valence-electron chi connectivity index (χ1n) is 10.0. The Bertz CT molecular complexity index is 1110. The molecule has 0 bridgehead atoms. The number of carbonyl (C=O) groups excluding carboxylic acids is 1. The lowest BCUT2D eigenvalue weighted by Gasteiger charge is -2.31. The topological polar surface area (TPSA) is 60.4 Å². The molecule has 1 fully saturated rings. The van der Waals surface area contributed by atoms with Crippen molar-refractivity contribution in [2.75, 3.05) is 0 Å². The summed E-state index contributed by atoms with van der Waals surface area (Å²) in [6, 6.07) is 22.3. The van der Waals surface area contributed by atoms with Gasteiger partial charge in [0, 0.05) is 0 Å². The highest BCUT2D eigenvalue weighted by Gasteiger charge is 2.39. The number of esters is 1. The lowest BCUT2D eigenvalue weighted by atomic mass is 9.97. The van der Waals surface area contributed by atoms with Gasteiger partial charge >= 0.3 is 5.97 Å². The van der Waals surface area contributed by atoms with Gasteiger partial charge in [-0.1, -0.05) is 67.1 Å². The summed E-state index contributed by atoms with van der Waals surface area (Å²) in [5.41, 5.74) is 0.863. The third kappa shape index (κ3) is 4.35. The highest BCUT2D eigenvalue weighted by atomic mass is 32.2. The van der Waals surface area contributed by atoms with E-state index in [4.69, 9.17) is 4.74 Å². The molecule has 3 aromatic carbocycles. The maximum Gasteiger partial charge on any atom is 0.310 e. The number of hydrogen-bond acceptors (Lipinski definition) is 4. The van der Waals surface area contributed by atoms with Crippen LogP contribution in [0.4, 0.5) is 0 Å². The van der Waals surface area contributed by atoms with E-state index in [2.05, 4.69) is 0 Å². The summed E-state index contributed by atoms with van der Waals surface area (Å²) in [5.74, 6) is -0.373. The van der Waals surface area contributed by atoms with Gasteiger partial charge in [0.1, 0.15) is 11.4 Å². The first-order chi connectivity index (χ1) is 14.0. The maximum atomic E-state index is 13.4. The molecule has 0 aromatic heterocycles. The van der Waals surface area contributed by atoms with Gasteiger partial charge in [-0.2, -0.15) is 0 Å². The first kappa shape index (κ1) is 19.6. The molecule has 4 rings (SSSR count). The largest absolute Gasteiger partial charge is 0.461 e. The van der Waals surface area contributed by atoms with Crippen molar-refractivity contribution in [3.05, 3.63) is 78.4 Å². The van der Waals surface area contributed by atoms with Crippen molar-refractivity contribution in [1.29, 1.82) is 0 Å². The second-order valence-electron chi connectivity index (χ2n) is 7.57. The molecule has 0 aliphatic heterocycles. The van der Waals surface area contributed by atoms with Gasteiger partial charge in [-0.3, -0.25) is 4.79 Å². The highest BCUT2D eigenvalue weighted by Crippen LogP contribution is 2.32. The van der Waals surface area contributed by atoms with Gasteiger partial charge in [0.15, 0.2) is 9.84 Å². The number of carbonyl (C=O) groups is 1. The number of ether oxygens (including phenoxy) is 1. The van der Waals surface area contributed by atoms with E-state index in [0.29, 0.717) is 17.7 Å². The fraction of sp³-hybridized carbons (Fsp3) is 0.292. The van der Waals surface area contributed by atoms with Crippen molar-refractivity contribution in [2.24, 2.45) is 0 Å². The van der Waals surface area contributed by atoms with Gasteiger partial charge in [-0.15, -0.1) is 0 Å². The average Bonchev–Trinajstić information content (AvgIpc) is 2.74. The molecule has 150 valence electrons. The van der Waals surface area contributed by atoms with Crippen molar-refractivity contribution in [1.82, 2.24) is 0 Å². The Labute approximate surface area is 171 Å². The van der Waals surface area contributed by atoms with Crippen molar-refractivity contribution >= 4 is 26.6 Å². The van der Waals surface area contributed by atoms with Crippen molar-refractivity contribution in [3.63, 3.8) is 0 Å². The van der Waals surface area contributed by atoms with Crippen LogP contribution in [-0.4, -0.2) is 25.7 Å². The third-order valence-corrected chi connectivity index (χ3v) is 7.81. The summed E-state index contributed by atoms with van der Waals surface area (Å²) < 4.78 is 32.5. The molecular formula is C24H24O4S. The Morgan fingerprint density at radius 3 is 2.34 bits per heavy atom. The van der Waals surface area contributed by atoms with Crippen molar-refractivity contribution in [3.8, 4) is 0 Å². The van der Waals surface area contributed by atoms with Gasteiger partial charge in [-0.05, 0) is 47.7 Å². The SMILES string of the molecule is O=C(Cc1ccccc1)O[C@H]1CCCC[C@@H]1S(=O)(=O)c1ccc2ccccc2c1. The molecule has 29 heavy (non-hydrogen) atoms. The Balaban J connectivity index is 1.56. The maximum absolute atomic E-state index is 13.4. The summed E-state index contributed by atoms with van der Waals surface area (Å²) in [7, 11) is -3.60. The van der Waals surface area contributed by atoms with Crippen LogP contribution in [0.5, 0.6) is 0 Å². The summed E-state index contributed by atoms with van der Waals surface area (Å²) in [4.78, 5) is 12.7. The lowest BCUT2D eigenvalue weighted by Crippen LogP contribution is -2.40. The zero-order valence-electron chi connectivity index (χ0n) is 16.2. The molecule has 2 atom stereocenters. The molecule has 4 nitrogen and oxygen atoms in total. The van der Waals surface area contributed by atoms with Gasteiger partial charge in [0.2, 0.25) is 0 Å². The minimum atomic E-state index is -3.60. The smallest absolute Gasteiger partial charge is 0.310 e. The second kappa shape index (κ2) is 8.37. The molecule has 0 saturated heterocycles. The summed E-state index contributed by atoms with van der Waals surface area (Å²) in [5, 5.41) is 1.19. The molecular weight excluding hydrogens is 384 g/mol. The predicted molar refractivity (Wildman–Crippen MR) is 113 cm³/mol. The molecule has 0 N–H and O–H groups in total. The molecule has 1 aliphatic rings. The zero-order chi connectivity index (χ0) is 20.3. The Morgan fingerprint density at radius 2 is 1.55 bits per heavy atom. The fourth-order valence-electron chi connectivity index (χ4n) is 4.04. The number of benzene rings is 3. The number of sulfone groups is 1. The van der Waals surface area contributed by atoms with Crippen LogP contribution in [0.15, 0.2) is 77.7 Å². The van der Waals surface area contributed by atoms with Crippen LogP contribution in [0, 0.1) is 0 Å². The molecule has 0 heterocycles. The average molecular weight is 409 g/mol. The van der Waals surface area contributed by atoms with Gasteiger partial charge in [0.25, 0.3) is 0 Å². The van der Waals surface area contributed by atoms with Crippen LogP contribution in [0.3, 0.4) is 0 Å². The van der Waals surface area contributed by atoms with Gasteiger partial charge in [-0.25, -0.2) is 8.42 Å². The summed E-state index contributed by atoms with van der Waals surface area (Å²) in [6.07, 6.45) is 2.34. The van der Waals surface area contributed by atoms with Crippen LogP contribution in [-0.2, 0) is 25.8 Å². The normalized spacial score (nSPS) is 19.7. The van der Waals surface area contributed by atoms with Gasteiger partial charge < -0.3 is 4.74 Å². The molecule has 5 heteroatoms. The number of rotatable bonds is 5. The molecule has 0 unspecified atom stereocenters. The van der Waals surface area contributed by atoms with Crippen molar-refractivity contribution < 1.29 is 17.9 Å². The predicted octanol–water partition coefficient (Wildman–Crippen LogP) is 4.71. The fourth-order valence-corrected chi connectivity index (χ4v) is 6.01. The standard InChI is InChI=1S/C24H24O4S/c25-24(16-18-8-2-1-3-9-18)28-22-12-6-7-13-23(22)29(26,27)21-15-14-19-10-4-5-11-20(19)17-21/h1-5,8-11,14-15,17,22-23H,6-7,12-13,16H2/t22-,23-/m0/s1. The monoisotopic (exact) mass is 408 g/mol. The molecule has 1 saturated carbocycles. The Kier molecular flexibility index (Phi) is 5.67. The molecule has 0 spiro atoms. The lowest BCUT2D eigenvalue weighted by molar-refractivity contribution is -0.149. The number of fused-ring (bicyclic) bond motifs is 1. The Hall–Kier alpha value is -2.66. The summed E-state index contributed by atoms with van der Waals surface area (Å²) in [6.45, 7) is 0. The molecule has 0 amide bonds. The second-order valence-corrected chi connectivity index (χ2v) is 9.73. The minimum absolute atomic E-state index is 0.153. The van der Waals surface area contributed by atoms with Crippen LogP contribution in [0.2, 0.25) is 0 Å². The molecule has 1 aliphatic carbocycles. The van der Waals surface area contributed by atoms with E-state index in [1.807, 2.05) is 60.7 Å². The van der Waals surface area contributed by atoms with Crippen LogP contribution >= 0.6 is 0 Å². The van der Waals surface area contributed by atoms with Crippen LogP contribution < -0.4 is 0 Å². The van der Waals surface area contributed by atoms with E-state index in [1.54, 1.807) is 12.1 Å². The zero-order valence-corrected chi connectivity index (χ0v) is 17.0. The van der Waals surface area contributed by atoms with E-state index in [-0.39, 0.29) is 12.4 Å². The minimum Gasteiger partial charge on any atom is -0.461 e. The van der Waals surface area contributed by atoms with E-state index >= 15 is 0 Å². The third-order valence-electron chi connectivity index (χ3n) is 5.56. The summed E-state index contributed by atoms with van der Waals surface area (Å²) >= 11 is 0. The van der Waals surface area contributed by atoms with Crippen molar-refractivity contribution in [2.45, 2.75) is 48.4 Å². The molecule has 3 aromatic rings. The van der Waals surface area contributed by atoms with Crippen LogP contribution in [0.1, 0.15) is 31.2 Å². The van der Waals surface area contributed by atoms with Gasteiger partial charge in [0.05, 0.1) is 11.3 Å². The quantitative estimate of drug-likeness (QED) is 0.574. The van der Waals surface area contributed by atoms with E-state index in [1.165, 1.54) is 0 Å². The van der Waals surface area contributed by atoms with Crippen LogP contribution in [0.25, 0.3) is 10.8 Å².